The number of aromatic nitrogens is 2. The van der Waals surface area contributed by atoms with Crippen molar-refractivity contribution in [3.05, 3.63) is 59.7 Å². The summed E-state index contributed by atoms with van der Waals surface area (Å²) < 4.78 is 0. The zero-order valence-corrected chi connectivity index (χ0v) is 11.6. The van der Waals surface area contributed by atoms with Crippen LogP contribution in [0.15, 0.2) is 43.0 Å². The number of ketones is 1. The van der Waals surface area contributed by atoms with Gasteiger partial charge in [-0.2, -0.15) is 0 Å². The first-order chi connectivity index (χ1) is 8.99. The van der Waals surface area contributed by atoms with Gasteiger partial charge in [0.2, 0.25) is 0 Å². The molecule has 2 rings (SSSR count). The maximum absolute atomic E-state index is 12.5. The lowest BCUT2D eigenvalue weighted by Gasteiger charge is -2.23. The number of rotatable bonds is 4. The third-order valence-corrected chi connectivity index (χ3v) is 3.20. The Bertz CT molecular complexity index is 559. The van der Waals surface area contributed by atoms with Gasteiger partial charge >= 0.3 is 0 Å². The van der Waals surface area contributed by atoms with Gasteiger partial charge in [0.25, 0.3) is 0 Å². The van der Waals surface area contributed by atoms with Gasteiger partial charge in [-0.1, -0.05) is 43.7 Å². The summed E-state index contributed by atoms with van der Waals surface area (Å²) in [6.07, 6.45) is 5.29. The van der Waals surface area contributed by atoms with E-state index in [0.717, 1.165) is 0 Å². The van der Waals surface area contributed by atoms with Crippen LogP contribution >= 0.6 is 0 Å². The molecule has 0 unspecified atom stereocenters. The summed E-state index contributed by atoms with van der Waals surface area (Å²) in [5.74, 6) is 0.0775. The zero-order valence-electron chi connectivity index (χ0n) is 11.6. The number of nitrogens with zero attached hydrogens (tertiary/aromatic N) is 2. The molecule has 1 heterocycles. The Kier molecular flexibility index (Phi) is 3.74. The van der Waals surface area contributed by atoms with Crippen molar-refractivity contribution in [2.24, 2.45) is 5.41 Å². The molecule has 0 amide bonds. The normalized spacial score (nSPS) is 11.3. The molecule has 0 fully saturated rings. The molecule has 0 bridgehead atoms. The molecule has 1 aromatic carbocycles. The molecule has 0 atom stereocenters. The minimum Gasteiger partial charge on any atom is -0.293 e. The van der Waals surface area contributed by atoms with Crippen LogP contribution in [0.3, 0.4) is 0 Å². The second kappa shape index (κ2) is 5.31. The number of hydrogen-bond acceptors (Lipinski definition) is 3. The molecular formula is C16H18N2O. The lowest BCUT2D eigenvalue weighted by Crippen LogP contribution is -2.27. The van der Waals surface area contributed by atoms with E-state index in [1.54, 1.807) is 12.4 Å². The molecule has 3 nitrogen and oxygen atoms in total. The molecule has 0 saturated carbocycles. The van der Waals surface area contributed by atoms with E-state index < -0.39 is 5.41 Å². The average Bonchev–Trinajstić information content (AvgIpc) is 2.41. The van der Waals surface area contributed by atoms with Crippen molar-refractivity contribution < 1.29 is 4.79 Å². The first kappa shape index (κ1) is 13.4. The van der Waals surface area contributed by atoms with Gasteiger partial charge in [-0.15, -0.1) is 0 Å². The quantitative estimate of drug-likeness (QED) is 0.787. The van der Waals surface area contributed by atoms with Crippen molar-refractivity contribution in [1.29, 1.82) is 0 Å². The monoisotopic (exact) mass is 254 g/mol. The van der Waals surface area contributed by atoms with Crippen molar-refractivity contribution in [2.45, 2.75) is 27.2 Å². The molecule has 0 saturated heterocycles. The van der Waals surface area contributed by atoms with E-state index in [9.17, 15) is 4.79 Å². The standard InChI is InChI=1S/C16H18N2O/c1-12-4-6-13(7-5-12)8-16(2,3)15(19)14-9-17-11-18-10-14/h4-7,9-11H,8H2,1-3H3. The second-order valence-corrected chi connectivity index (χ2v) is 5.50. The average molecular weight is 254 g/mol. The molecule has 98 valence electrons. The van der Waals surface area contributed by atoms with Crippen LogP contribution in [0.1, 0.15) is 35.3 Å². The van der Waals surface area contributed by atoms with Crippen LogP contribution in [-0.4, -0.2) is 15.8 Å². The smallest absolute Gasteiger partial charge is 0.171 e. The van der Waals surface area contributed by atoms with Crippen LogP contribution < -0.4 is 0 Å². The van der Waals surface area contributed by atoms with Crippen molar-refractivity contribution in [3.8, 4) is 0 Å². The van der Waals surface area contributed by atoms with Gasteiger partial charge in [-0.25, -0.2) is 9.97 Å². The van der Waals surface area contributed by atoms with E-state index in [0.29, 0.717) is 12.0 Å². The van der Waals surface area contributed by atoms with Gasteiger partial charge < -0.3 is 0 Å². The van der Waals surface area contributed by atoms with Crippen molar-refractivity contribution in [2.75, 3.05) is 0 Å². The zero-order chi connectivity index (χ0) is 13.9. The van der Waals surface area contributed by atoms with Crippen LogP contribution in [0, 0.1) is 12.3 Å². The summed E-state index contributed by atoms with van der Waals surface area (Å²) in [5.41, 5.74) is 2.50. The van der Waals surface area contributed by atoms with Gasteiger partial charge in [0.15, 0.2) is 5.78 Å². The van der Waals surface area contributed by atoms with Crippen molar-refractivity contribution in [3.63, 3.8) is 0 Å². The van der Waals surface area contributed by atoms with Gasteiger partial charge in [0, 0.05) is 17.8 Å². The van der Waals surface area contributed by atoms with E-state index in [2.05, 4.69) is 41.2 Å². The summed E-state index contributed by atoms with van der Waals surface area (Å²) in [6, 6.07) is 8.29. The van der Waals surface area contributed by atoms with Crippen molar-refractivity contribution in [1.82, 2.24) is 9.97 Å². The largest absolute Gasteiger partial charge is 0.293 e. The third-order valence-electron chi connectivity index (χ3n) is 3.20. The Morgan fingerprint density at radius 1 is 1.11 bits per heavy atom. The molecule has 0 aliphatic heterocycles. The molecule has 0 N–H and O–H groups in total. The number of aryl methyl sites for hydroxylation is 1. The SMILES string of the molecule is Cc1ccc(CC(C)(C)C(=O)c2cncnc2)cc1. The Labute approximate surface area is 113 Å². The first-order valence-corrected chi connectivity index (χ1v) is 6.34. The number of carbonyl (C=O) groups excluding carboxylic acids is 1. The highest BCUT2D eigenvalue weighted by atomic mass is 16.1. The third kappa shape index (κ3) is 3.25. The van der Waals surface area contributed by atoms with E-state index >= 15 is 0 Å². The molecular weight excluding hydrogens is 236 g/mol. The molecule has 3 heteroatoms. The minimum atomic E-state index is -0.458. The molecule has 0 radical (unpaired) electrons. The van der Waals surface area contributed by atoms with Crippen LogP contribution in [0.4, 0.5) is 0 Å². The second-order valence-electron chi connectivity index (χ2n) is 5.50. The molecule has 0 aliphatic carbocycles. The van der Waals surface area contributed by atoms with Gasteiger partial charge in [-0.05, 0) is 18.9 Å². The Balaban J connectivity index is 2.18. The lowest BCUT2D eigenvalue weighted by molar-refractivity contribution is 0.0837. The summed E-state index contributed by atoms with van der Waals surface area (Å²) in [5, 5.41) is 0. The van der Waals surface area contributed by atoms with Gasteiger partial charge in [0.1, 0.15) is 6.33 Å². The van der Waals surface area contributed by atoms with Gasteiger partial charge in [-0.3, -0.25) is 4.79 Å². The first-order valence-electron chi connectivity index (χ1n) is 6.34. The fraction of sp³-hybridized carbons (Fsp3) is 0.312. The summed E-state index contributed by atoms with van der Waals surface area (Å²) in [7, 11) is 0. The summed E-state index contributed by atoms with van der Waals surface area (Å²) in [4.78, 5) is 20.3. The van der Waals surface area contributed by atoms with E-state index in [1.165, 1.54) is 17.5 Å². The van der Waals surface area contributed by atoms with Crippen LogP contribution in [-0.2, 0) is 6.42 Å². The number of hydrogen-bond donors (Lipinski definition) is 0. The molecule has 19 heavy (non-hydrogen) atoms. The predicted molar refractivity (Wildman–Crippen MR) is 75.0 cm³/mol. The number of carbonyl (C=O) groups is 1. The Morgan fingerprint density at radius 2 is 1.68 bits per heavy atom. The predicted octanol–water partition coefficient (Wildman–Crippen LogP) is 3.24. The van der Waals surface area contributed by atoms with Gasteiger partial charge in [0.05, 0.1) is 5.56 Å². The Morgan fingerprint density at radius 3 is 2.26 bits per heavy atom. The van der Waals surface area contributed by atoms with E-state index in [4.69, 9.17) is 0 Å². The number of benzene rings is 1. The Hall–Kier alpha value is -2.03. The van der Waals surface area contributed by atoms with Crippen molar-refractivity contribution >= 4 is 5.78 Å². The molecule has 2 aromatic rings. The van der Waals surface area contributed by atoms with E-state index in [-0.39, 0.29) is 5.78 Å². The topological polar surface area (TPSA) is 42.9 Å². The lowest BCUT2D eigenvalue weighted by atomic mass is 9.79. The highest BCUT2D eigenvalue weighted by molar-refractivity contribution is 5.99. The fourth-order valence-corrected chi connectivity index (χ4v) is 2.10. The molecule has 1 aromatic heterocycles. The fourth-order valence-electron chi connectivity index (χ4n) is 2.10. The molecule has 0 spiro atoms. The maximum Gasteiger partial charge on any atom is 0.171 e. The minimum absolute atomic E-state index is 0.0775. The van der Waals surface area contributed by atoms with Crippen LogP contribution in [0.2, 0.25) is 0 Å². The van der Waals surface area contributed by atoms with Crippen LogP contribution in [0.5, 0.6) is 0 Å². The summed E-state index contributed by atoms with van der Waals surface area (Å²) in [6.45, 7) is 5.98. The highest BCUT2D eigenvalue weighted by Crippen LogP contribution is 2.26. The van der Waals surface area contributed by atoms with E-state index in [1.807, 2.05) is 13.8 Å². The summed E-state index contributed by atoms with van der Waals surface area (Å²) >= 11 is 0. The van der Waals surface area contributed by atoms with Crippen LogP contribution in [0.25, 0.3) is 0 Å². The number of Topliss-reactive ketones (excluding diaryl/α,β-unsaturated/α-hetero) is 1. The molecule has 0 aliphatic rings. The highest BCUT2D eigenvalue weighted by Gasteiger charge is 2.29. The maximum atomic E-state index is 12.5.